The molecule has 0 atom stereocenters. The Bertz CT molecular complexity index is 524. The molecule has 2 nitrogen and oxygen atoms in total. The van der Waals surface area contributed by atoms with E-state index in [4.69, 9.17) is 0 Å². The SMILES string of the molecule is C=C(CCCCN(C)C)NCc1cc2ccccc2s1. The van der Waals surface area contributed by atoms with Crippen LogP contribution in [0.3, 0.4) is 0 Å². The van der Waals surface area contributed by atoms with E-state index in [1.54, 1.807) is 0 Å². The molecule has 0 fully saturated rings. The molecule has 0 aliphatic heterocycles. The lowest BCUT2D eigenvalue weighted by Crippen LogP contribution is -2.14. The van der Waals surface area contributed by atoms with Crippen LogP contribution >= 0.6 is 11.3 Å². The summed E-state index contributed by atoms with van der Waals surface area (Å²) < 4.78 is 1.36. The maximum absolute atomic E-state index is 4.12. The van der Waals surface area contributed by atoms with E-state index >= 15 is 0 Å². The molecule has 108 valence electrons. The van der Waals surface area contributed by atoms with Crippen LogP contribution in [0.15, 0.2) is 42.6 Å². The molecular formula is C17H24N2S. The van der Waals surface area contributed by atoms with Crippen molar-refractivity contribution in [2.45, 2.75) is 25.8 Å². The van der Waals surface area contributed by atoms with Crippen LogP contribution in [-0.2, 0) is 6.54 Å². The molecule has 0 unspecified atom stereocenters. The van der Waals surface area contributed by atoms with E-state index < -0.39 is 0 Å². The zero-order valence-electron chi connectivity index (χ0n) is 12.5. The van der Waals surface area contributed by atoms with Gasteiger partial charge in [-0.05, 0) is 57.4 Å². The van der Waals surface area contributed by atoms with Gasteiger partial charge < -0.3 is 10.2 Å². The summed E-state index contributed by atoms with van der Waals surface area (Å²) in [6.07, 6.45) is 3.51. The monoisotopic (exact) mass is 288 g/mol. The second-order valence-corrected chi connectivity index (χ2v) is 6.64. The Labute approximate surface area is 126 Å². The van der Waals surface area contributed by atoms with Crippen molar-refractivity contribution < 1.29 is 0 Å². The van der Waals surface area contributed by atoms with E-state index in [0.29, 0.717) is 0 Å². The van der Waals surface area contributed by atoms with E-state index in [1.807, 2.05) is 11.3 Å². The van der Waals surface area contributed by atoms with Gasteiger partial charge in [0.25, 0.3) is 0 Å². The summed E-state index contributed by atoms with van der Waals surface area (Å²) in [6.45, 7) is 6.17. The zero-order chi connectivity index (χ0) is 14.4. The molecule has 0 spiro atoms. The highest BCUT2D eigenvalue weighted by atomic mass is 32.1. The second kappa shape index (κ2) is 7.46. The Kier molecular flexibility index (Phi) is 5.62. The van der Waals surface area contributed by atoms with Crippen molar-refractivity contribution in [1.82, 2.24) is 10.2 Å². The molecule has 0 amide bonds. The van der Waals surface area contributed by atoms with Crippen molar-refractivity contribution in [2.24, 2.45) is 0 Å². The second-order valence-electron chi connectivity index (χ2n) is 5.47. The molecule has 1 aromatic heterocycles. The lowest BCUT2D eigenvalue weighted by Gasteiger charge is -2.11. The molecule has 0 saturated heterocycles. The standard InChI is InChI=1S/C17H24N2S/c1-14(8-6-7-11-19(2)3)18-13-16-12-15-9-4-5-10-17(15)20-16/h4-5,9-10,12,18H,1,6-8,11,13H2,2-3H3. The number of fused-ring (bicyclic) bond motifs is 1. The molecular weight excluding hydrogens is 264 g/mol. The summed E-state index contributed by atoms with van der Waals surface area (Å²) in [4.78, 5) is 3.61. The van der Waals surface area contributed by atoms with Gasteiger partial charge in [-0.3, -0.25) is 0 Å². The van der Waals surface area contributed by atoms with E-state index in [9.17, 15) is 0 Å². The van der Waals surface area contributed by atoms with Gasteiger partial charge in [0.1, 0.15) is 0 Å². The Hall–Kier alpha value is -1.32. The number of benzene rings is 1. The Morgan fingerprint density at radius 1 is 1.25 bits per heavy atom. The van der Waals surface area contributed by atoms with E-state index in [0.717, 1.165) is 25.2 Å². The highest BCUT2D eigenvalue weighted by Crippen LogP contribution is 2.25. The summed E-state index contributed by atoms with van der Waals surface area (Å²) in [5.41, 5.74) is 1.15. The van der Waals surface area contributed by atoms with Gasteiger partial charge in [0, 0.05) is 21.8 Å². The van der Waals surface area contributed by atoms with E-state index in [-0.39, 0.29) is 0 Å². The first-order valence-electron chi connectivity index (χ1n) is 7.19. The molecule has 0 saturated carbocycles. The fourth-order valence-electron chi connectivity index (χ4n) is 2.19. The number of nitrogens with zero attached hydrogens (tertiary/aromatic N) is 1. The van der Waals surface area contributed by atoms with Gasteiger partial charge in [0.2, 0.25) is 0 Å². The fraction of sp³-hybridized carbons (Fsp3) is 0.412. The molecule has 2 rings (SSSR count). The summed E-state index contributed by atoms with van der Waals surface area (Å²) in [5, 5.41) is 4.79. The number of nitrogens with one attached hydrogen (secondary N) is 1. The van der Waals surface area contributed by atoms with Crippen LogP contribution in [0.1, 0.15) is 24.1 Å². The fourth-order valence-corrected chi connectivity index (χ4v) is 3.20. The molecule has 2 aromatic rings. The van der Waals surface area contributed by atoms with Crippen molar-refractivity contribution in [3.05, 3.63) is 47.5 Å². The smallest absolute Gasteiger partial charge is 0.0491 e. The summed E-state index contributed by atoms with van der Waals surface area (Å²) in [5.74, 6) is 0. The first-order chi connectivity index (χ1) is 9.65. The number of allylic oxidation sites excluding steroid dienone is 1. The number of unbranched alkanes of at least 4 members (excludes halogenated alkanes) is 1. The Morgan fingerprint density at radius 3 is 2.80 bits per heavy atom. The van der Waals surface area contributed by atoms with Crippen LogP contribution in [0.2, 0.25) is 0 Å². The number of hydrogen-bond donors (Lipinski definition) is 1. The van der Waals surface area contributed by atoms with Crippen molar-refractivity contribution in [3.63, 3.8) is 0 Å². The van der Waals surface area contributed by atoms with Gasteiger partial charge in [0.05, 0.1) is 0 Å². The summed E-state index contributed by atoms with van der Waals surface area (Å²) >= 11 is 1.86. The van der Waals surface area contributed by atoms with Crippen LogP contribution in [0.4, 0.5) is 0 Å². The van der Waals surface area contributed by atoms with Crippen molar-refractivity contribution in [2.75, 3.05) is 20.6 Å². The predicted molar refractivity (Wildman–Crippen MR) is 90.2 cm³/mol. The number of thiophene rings is 1. The third-order valence-corrected chi connectivity index (χ3v) is 4.44. The third kappa shape index (κ3) is 4.66. The first kappa shape index (κ1) is 15.1. The maximum atomic E-state index is 4.12. The van der Waals surface area contributed by atoms with Crippen LogP contribution in [0.5, 0.6) is 0 Å². The quantitative estimate of drug-likeness (QED) is 0.731. The van der Waals surface area contributed by atoms with Gasteiger partial charge in [-0.15, -0.1) is 11.3 Å². The maximum Gasteiger partial charge on any atom is 0.0491 e. The molecule has 0 aliphatic carbocycles. The van der Waals surface area contributed by atoms with Crippen LogP contribution in [-0.4, -0.2) is 25.5 Å². The number of hydrogen-bond acceptors (Lipinski definition) is 3. The van der Waals surface area contributed by atoms with Crippen molar-refractivity contribution in [3.8, 4) is 0 Å². The van der Waals surface area contributed by atoms with Gasteiger partial charge in [-0.25, -0.2) is 0 Å². The summed E-state index contributed by atoms with van der Waals surface area (Å²) in [7, 11) is 4.24. The van der Waals surface area contributed by atoms with Gasteiger partial charge >= 0.3 is 0 Å². The molecule has 20 heavy (non-hydrogen) atoms. The van der Waals surface area contributed by atoms with Crippen LogP contribution in [0, 0.1) is 0 Å². The molecule has 1 aromatic carbocycles. The van der Waals surface area contributed by atoms with E-state index in [1.165, 1.54) is 27.8 Å². The molecule has 0 bridgehead atoms. The number of rotatable bonds is 8. The molecule has 1 heterocycles. The average molecular weight is 288 g/mol. The predicted octanol–water partition coefficient (Wildman–Crippen LogP) is 4.24. The normalized spacial score (nSPS) is 11.2. The lowest BCUT2D eigenvalue weighted by molar-refractivity contribution is 0.393. The highest BCUT2D eigenvalue weighted by molar-refractivity contribution is 7.19. The highest BCUT2D eigenvalue weighted by Gasteiger charge is 2.01. The van der Waals surface area contributed by atoms with Gasteiger partial charge in [0.15, 0.2) is 0 Å². The third-order valence-electron chi connectivity index (χ3n) is 3.32. The molecule has 1 N–H and O–H groups in total. The molecule has 0 aliphatic rings. The van der Waals surface area contributed by atoms with Crippen molar-refractivity contribution >= 4 is 21.4 Å². The minimum Gasteiger partial charge on any atom is -0.384 e. The summed E-state index contributed by atoms with van der Waals surface area (Å²) in [6, 6.07) is 10.8. The van der Waals surface area contributed by atoms with Gasteiger partial charge in [-0.2, -0.15) is 0 Å². The topological polar surface area (TPSA) is 15.3 Å². The molecule has 0 radical (unpaired) electrons. The Balaban J connectivity index is 1.73. The average Bonchev–Trinajstić information content (AvgIpc) is 2.84. The zero-order valence-corrected chi connectivity index (χ0v) is 13.3. The largest absolute Gasteiger partial charge is 0.384 e. The first-order valence-corrected chi connectivity index (χ1v) is 8.00. The van der Waals surface area contributed by atoms with E-state index in [2.05, 4.69) is 61.2 Å². The minimum absolute atomic E-state index is 0.895. The molecule has 3 heteroatoms. The van der Waals surface area contributed by atoms with Crippen molar-refractivity contribution in [1.29, 1.82) is 0 Å². The van der Waals surface area contributed by atoms with Gasteiger partial charge in [-0.1, -0.05) is 24.8 Å². The van der Waals surface area contributed by atoms with Crippen LogP contribution < -0.4 is 5.32 Å². The Morgan fingerprint density at radius 2 is 2.05 bits per heavy atom. The minimum atomic E-state index is 0.895. The van der Waals surface area contributed by atoms with Crippen LogP contribution in [0.25, 0.3) is 10.1 Å². The lowest BCUT2D eigenvalue weighted by atomic mass is 10.2.